The molecule has 0 saturated carbocycles. The predicted molar refractivity (Wildman–Crippen MR) is 90.6 cm³/mol. The van der Waals surface area contributed by atoms with Gasteiger partial charge in [-0.05, 0) is 12.8 Å². The van der Waals surface area contributed by atoms with Crippen LogP contribution in [0.3, 0.4) is 0 Å². The van der Waals surface area contributed by atoms with Crippen molar-refractivity contribution in [3.05, 3.63) is 12.7 Å². The van der Waals surface area contributed by atoms with Gasteiger partial charge in [0.2, 0.25) is 0 Å². The zero-order chi connectivity index (χ0) is 17.4. The van der Waals surface area contributed by atoms with Crippen LogP contribution in [0.1, 0.15) is 66.2 Å². The van der Waals surface area contributed by atoms with Crippen LogP contribution in [0.15, 0.2) is 12.7 Å². The van der Waals surface area contributed by atoms with E-state index in [1.165, 1.54) is 7.11 Å². The minimum Gasteiger partial charge on any atom is -0.469 e. The molecule has 0 radical (unpaired) electrons. The lowest BCUT2D eigenvalue weighted by atomic mass is 10.1. The zero-order valence-corrected chi connectivity index (χ0v) is 15.0. The first-order chi connectivity index (χ1) is 10.4. The second-order valence-corrected chi connectivity index (χ2v) is 5.53. The summed E-state index contributed by atoms with van der Waals surface area (Å²) in [6, 6.07) is 0. The molecule has 0 aliphatic heterocycles. The fourth-order valence-corrected chi connectivity index (χ4v) is 1.74. The van der Waals surface area contributed by atoms with Crippen molar-refractivity contribution in [2.75, 3.05) is 13.7 Å². The summed E-state index contributed by atoms with van der Waals surface area (Å²) >= 11 is 0. The number of rotatable bonds is 10. The van der Waals surface area contributed by atoms with Gasteiger partial charge in [-0.25, -0.2) is 0 Å². The molecule has 0 aromatic heterocycles. The van der Waals surface area contributed by atoms with Crippen molar-refractivity contribution in [3.8, 4) is 0 Å². The van der Waals surface area contributed by atoms with E-state index in [1.54, 1.807) is 6.08 Å². The standard InChI is InChI=1S/C10H18O2.C8H16O2/c1-4-6-7-9(3)10(11)12-8-5-2;1-4-5-6-7(2)8(9)10-3/h5,9H,2,4,6-8H2,1,3H3;7H,4-6H2,1-3H3. The van der Waals surface area contributed by atoms with Crippen LogP contribution in [0.25, 0.3) is 0 Å². The second-order valence-electron chi connectivity index (χ2n) is 5.53. The van der Waals surface area contributed by atoms with Crippen LogP contribution in [-0.2, 0) is 19.1 Å². The van der Waals surface area contributed by atoms with Gasteiger partial charge in [0.15, 0.2) is 0 Å². The number of carbonyl (C=O) groups is 2. The molecule has 0 bridgehead atoms. The summed E-state index contributed by atoms with van der Waals surface area (Å²) < 4.78 is 9.46. The van der Waals surface area contributed by atoms with Gasteiger partial charge in [-0.3, -0.25) is 9.59 Å². The topological polar surface area (TPSA) is 52.6 Å². The van der Waals surface area contributed by atoms with Crippen LogP contribution in [0.4, 0.5) is 0 Å². The lowest BCUT2D eigenvalue weighted by Crippen LogP contribution is -2.14. The Labute approximate surface area is 136 Å². The minimum absolute atomic E-state index is 0.0323. The highest BCUT2D eigenvalue weighted by Gasteiger charge is 2.12. The second kappa shape index (κ2) is 16.1. The maximum absolute atomic E-state index is 11.1. The van der Waals surface area contributed by atoms with Crippen molar-refractivity contribution >= 4 is 11.9 Å². The smallest absolute Gasteiger partial charge is 0.308 e. The number of hydrogen-bond donors (Lipinski definition) is 0. The first-order valence-corrected chi connectivity index (χ1v) is 8.29. The predicted octanol–water partition coefficient (Wildman–Crippen LogP) is 4.53. The fourth-order valence-electron chi connectivity index (χ4n) is 1.74. The third-order valence-corrected chi connectivity index (χ3v) is 3.33. The van der Waals surface area contributed by atoms with E-state index in [1.807, 2.05) is 13.8 Å². The average molecular weight is 314 g/mol. The van der Waals surface area contributed by atoms with E-state index in [0.29, 0.717) is 6.61 Å². The number of ether oxygens (including phenoxy) is 2. The first-order valence-electron chi connectivity index (χ1n) is 8.29. The molecule has 0 saturated heterocycles. The van der Waals surface area contributed by atoms with Gasteiger partial charge in [0, 0.05) is 0 Å². The van der Waals surface area contributed by atoms with E-state index in [2.05, 4.69) is 25.2 Å². The van der Waals surface area contributed by atoms with Crippen LogP contribution in [-0.4, -0.2) is 25.7 Å². The molecular weight excluding hydrogens is 280 g/mol. The summed E-state index contributed by atoms with van der Waals surface area (Å²) in [5.74, 6) is -0.0911. The quantitative estimate of drug-likeness (QED) is 0.439. The number of esters is 2. The molecule has 2 atom stereocenters. The van der Waals surface area contributed by atoms with Crippen molar-refractivity contribution in [2.45, 2.75) is 66.2 Å². The van der Waals surface area contributed by atoms with Gasteiger partial charge in [-0.15, -0.1) is 0 Å². The molecule has 0 aliphatic carbocycles. The number of carbonyl (C=O) groups excluding carboxylic acids is 2. The Bertz CT molecular complexity index is 299. The van der Waals surface area contributed by atoms with E-state index in [9.17, 15) is 9.59 Å². The van der Waals surface area contributed by atoms with Gasteiger partial charge in [0.05, 0.1) is 18.9 Å². The summed E-state index contributed by atoms with van der Waals surface area (Å²) in [5, 5.41) is 0. The van der Waals surface area contributed by atoms with Crippen LogP contribution in [0, 0.1) is 11.8 Å². The molecule has 4 nitrogen and oxygen atoms in total. The third-order valence-electron chi connectivity index (χ3n) is 3.33. The molecule has 0 heterocycles. The Balaban J connectivity index is 0. The van der Waals surface area contributed by atoms with Crippen molar-refractivity contribution in [3.63, 3.8) is 0 Å². The molecule has 0 spiro atoms. The molecule has 0 rings (SSSR count). The molecular formula is C18H34O4. The maximum Gasteiger partial charge on any atom is 0.308 e. The molecule has 0 aromatic rings. The zero-order valence-electron chi connectivity index (χ0n) is 15.0. The van der Waals surface area contributed by atoms with Crippen LogP contribution in [0.5, 0.6) is 0 Å². The van der Waals surface area contributed by atoms with E-state index in [0.717, 1.165) is 38.5 Å². The lowest BCUT2D eigenvalue weighted by Gasteiger charge is -2.08. The van der Waals surface area contributed by atoms with E-state index in [4.69, 9.17) is 4.74 Å². The van der Waals surface area contributed by atoms with Crippen LogP contribution in [0.2, 0.25) is 0 Å². The maximum atomic E-state index is 11.1. The van der Waals surface area contributed by atoms with Gasteiger partial charge in [-0.1, -0.05) is 66.0 Å². The van der Waals surface area contributed by atoms with Crippen molar-refractivity contribution in [1.82, 2.24) is 0 Å². The number of hydrogen-bond acceptors (Lipinski definition) is 4. The molecule has 0 aliphatic rings. The summed E-state index contributed by atoms with van der Waals surface area (Å²) in [4.78, 5) is 21.9. The SMILES string of the molecule is C=CCOC(=O)C(C)CCCC.CCCCC(C)C(=O)OC. The molecule has 22 heavy (non-hydrogen) atoms. The van der Waals surface area contributed by atoms with Crippen LogP contribution < -0.4 is 0 Å². The van der Waals surface area contributed by atoms with Gasteiger partial charge >= 0.3 is 11.9 Å². The molecule has 0 fully saturated rings. The molecule has 0 amide bonds. The van der Waals surface area contributed by atoms with Crippen LogP contribution >= 0.6 is 0 Å². The Hall–Kier alpha value is -1.32. The van der Waals surface area contributed by atoms with Crippen molar-refractivity contribution in [1.29, 1.82) is 0 Å². The van der Waals surface area contributed by atoms with Crippen molar-refractivity contribution < 1.29 is 19.1 Å². The number of unbranched alkanes of at least 4 members (excludes halogenated alkanes) is 2. The van der Waals surface area contributed by atoms with E-state index >= 15 is 0 Å². The average Bonchev–Trinajstić information content (AvgIpc) is 2.54. The first kappa shape index (κ1) is 23.0. The Kier molecular flexibility index (Phi) is 16.8. The largest absolute Gasteiger partial charge is 0.469 e. The summed E-state index contributed by atoms with van der Waals surface area (Å²) in [6.45, 7) is 11.8. The summed E-state index contributed by atoms with van der Waals surface area (Å²) in [6.07, 6.45) is 7.92. The Morgan fingerprint density at radius 2 is 1.45 bits per heavy atom. The van der Waals surface area contributed by atoms with Gasteiger partial charge in [0.1, 0.15) is 6.61 Å². The molecule has 4 heteroatoms. The molecule has 0 aromatic carbocycles. The molecule has 130 valence electrons. The Morgan fingerprint density at radius 1 is 1.00 bits per heavy atom. The third kappa shape index (κ3) is 13.7. The normalized spacial score (nSPS) is 12.4. The summed E-state index contributed by atoms with van der Waals surface area (Å²) in [5.41, 5.74) is 0. The van der Waals surface area contributed by atoms with Gasteiger partial charge in [-0.2, -0.15) is 0 Å². The van der Waals surface area contributed by atoms with Gasteiger partial charge in [0.25, 0.3) is 0 Å². The summed E-state index contributed by atoms with van der Waals surface area (Å²) in [7, 11) is 1.44. The lowest BCUT2D eigenvalue weighted by molar-refractivity contribution is -0.147. The minimum atomic E-state index is -0.108. The monoisotopic (exact) mass is 314 g/mol. The Morgan fingerprint density at radius 3 is 1.82 bits per heavy atom. The number of methoxy groups -OCH3 is 1. The fraction of sp³-hybridized carbons (Fsp3) is 0.778. The molecule has 2 unspecified atom stereocenters. The molecule has 0 N–H and O–H groups in total. The van der Waals surface area contributed by atoms with Gasteiger partial charge < -0.3 is 9.47 Å². The highest BCUT2D eigenvalue weighted by Crippen LogP contribution is 2.09. The highest BCUT2D eigenvalue weighted by atomic mass is 16.5. The van der Waals surface area contributed by atoms with E-state index < -0.39 is 0 Å². The van der Waals surface area contributed by atoms with E-state index in [-0.39, 0.29) is 23.8 Å². The van der Waals surface area contributed by atoms with Crippen molar-refractivity contribution in [2.24, 2.45) is 11.8 Å². The highest BCUT2D eigenvalue weighted by molar-refractivity contribution is 5.72.